The van der Waals surface area contributed by atoms with Gasteiger partial charge < -0.3 is 8.98 Å². The van der Waals surface area contributed by atoms with E-state index < -0.39 is 0 Å². The first-order valence-corrected chi connectivity index (χ1v) is 17.9. The highest BCUT2D eigenvalue weighted by Crippen LogP contribution is 2.50. The van der Waals surface area contributed by atoms with Crippen molar-refractivity contribution in [2.24, 2.45) is 0 Å². The monoisotopic (exact) mass is 669 g/mol. The Morgan fingerprint density at radius 1 is 0.490 bits per heavy atom. The largest absolute Gasteiger partial charge is 0.455 e. The zero-order chi connectivity index (χ0) is 33.5. The Balaban J connectivity index is 1.18. The number of hydrogen-bond donors (Lipinski definition) is 0. The van der Waals surface area contributed by atoms with Gasteiger partial charge in [-0.2, -0.15) is 0 Å². The molecule has 5 heteroatoms. The van der Waals surface area contributed by atoms with E-state index in [2.05, 4.69) is 132 Å². The number of thiophene rings is 1. The molecule has 7 aromatic carbocycles. The quantitative estimate of drug-likeness (QED) is 0.187. The molecule has 0 aliphatic rings. The van der Waals surface area contributed by atoms with Gasteiger partial charge in [-0.1, -0.05) is 115 Å². The third-order valence-corrected chi connectivity index (χ3v) is 11.2. The first-order chi connectivity index (χ1) is 25.3. The van der Waals surface area contributed by atoms with Gasteiger partial charge in [-0.25, -0.2) is 9.97 Å². The average molecular weight is 670 g/mol. The summed E-state index contributed by atoms with van der Waals surface area (Å²) in [6, 6.07) is 57.4. The molecule has 0 unspecified atom stereocenters. The lowest BCUT2D eigenvalue weighted by Crippen LogP contribution is -1.97. The second kappa shape index (κ2) is 11.0. The van der Waals surface area contributed by atoms with Gasteiger partial charge in [0.2, 0.25) is 0 Å². The van der Waals surface area contributed by atoms with Gasteiger partial charge in [0.15, 0.2) is 11.4 Å². The van der Waals surface area contributed by atoms with Crippen LogP contribution in [0.4, 0.5) is 0 Å². The van der Waals surface area contributed by atoms with Crippen LogP contribution in [0.25, 0.3) is 104 Å². The highest BCUT2D eigenvalue weighted by Gasteiger charge is 2.25. The van der Waals surface area contributed by atoms with Crippen LogP contribution < -0.4 is 0 Å². The SMILES string of the molecule is c1ccc(-c2cc(-c3ccccc3)nc(-c3ccc(-n4c5ccccc5c5c6c7ccccc7oc6c6sc7ccccc7c6c54)cc3)n2)cc1. The summed E-state index contributed by atoms with van der Waals surface area (Å²) in [7, 11) is 0. The van der Waals surface area contributed by atoms with E-state index in [-0.39, 0.29) is 0 Å². The Hall–Kier alpha value is -6.56. The molecule has 51 heavy (non-hydrogen) atoms. The Morgan fingerprint density at radius 3 is 1.82 bits per heavy atom. The molecule has 0 spiro atoms. The van der Waals surface area contributed by atoms with E-state index in [0.717, 1.165) is 55.8 Å². The number of furan rings is 1. The van der Waals surface area contributed by atoms with E-state index in [4.69, 9.17) is 14.4 Å². The third-order valence-electron chi connectivity index (χ3n) is 10.0. The second-order valence-electron chi connectivity index (χ2n) is 12.9. The van der Waals surface area contributed by atoms with Crippen LogP contribution in [0.15, 0.2) is 168 Å². The van der Waals surface area contributed by atoms with Gasteiger partial charge in [0.1, 0.15) is 5.58 Å². The van der Waals surface area contributed by atoms with Gasteiger partial charge in [-0.3, -0.25) is 0 Å². The van der Waals surface area contributed by atoms with Gasteiger partial charge in [0, 0.05) is 59.4 Å². The lowest BCUT2D eigenvalue weighted by atomic mass is 10.0. The molecule has 4 heterocycles. The summed E-state index contributed by atoms with van der Waals surface area (Å²) in [5, 5.41) is 7.20. The topological polar surface area (TPSA) is 43.9 Å². The van der Waals surface area contributed by atoms with Crippen molar-refractivity contribution in [3.05, 3.63) is 164 Å². The maximum absolute atomic E-state index is 6.70. The van der Waals surface area contributed by atoms with Crippen molar-refractivity contribution < 1.29 is 4.42 Å². The maximum atomic E-state index is 6.70. The number of hydrogen-bond acceptors (Lipinski definition) is 4. The zero-order valence-corrected chi connectivity index (χ0v) is 28.1. The van der Waals surface area contributed by atoms with E-state index in [1.54, 1.807) is 0 Å². The molecule has 0 saturated heterocycles. The molecule has 0 fully saturated rings. The number of fused-ring (bicyclic) bond motifs is 12. The standard InChI is InChI=1S/C46H27N3OS/c1-3-13-28(14-4-1)35-27-36(29-15-5-2-6-16-29)48-46(47-35)30-23-25-31(26-24-30)49-37-20-10-7-17-32(37)40-41-33-18-8-11-21-38(33)50-44(41)45-42(43(40)49)34-19-9-12-22-39(34)51-45/h1-27H. The molecule has 0 aliphatic carbocycles. The van der Waals surface area contributed by atoms with Crippen LogP contribution in [-0.4, -0.2) is 14.5 Å². The van der Waals surface area contributed by atoms with Gasteiger partial charge in [0.05, 0.1) is 27.1 Å². The van der Waals surface area contributed by atoms with E-state index in [1.165, 1.54) is 41.8 Å². The molecule has 0 radical (unpaired) electrons. The average Bonchev–Trinajstić information content (AvgIpc) is 3.88. The van der Waals surface area contributed by atoms with Crippen LogP contribution >= 0.6 is 11.3 Å². The Labute approximate surface area is 296 Å². The second-order valence-corrected chi connectivity index (χ2v) is 14.0. The van der Waals surface area contributed by atoms with Crippen LogP contribution in [0.3, 0.4) is 0 Å². The Morgan fingerprint density at radius 2 is 1.10 bits per heavy atom. The minimum absolute atomic E-state index is 0.696. The fraction of sp³-hybridized carbons (Fsp3) is 0. The highest BCUT2D eigenvalue weighted by molar-refractivity contribution is 7.26. The minimum Gasteiger partial charge on any atom is -0.455 e. The van der Waals surface area contributed by atoms with Crippen LogP contribution in [0.2, 0.25) is 0 Å². The van der Waals surface area contributed by atoms with Gasteiger partial charge >= 0.3 is 0 Å². The van der Waals surface area contributed by atoms with E-state index in [0.29, 0.717) is 5.82 Å². The number of rotatable bonds is 4. The molecule has 0 aliphatic heterocycles. The normalized spacial score (nSPS) is 11.9. The van der Waals surface area contributed by atoms with Crippen molar-refractivity contribution in [3.8, 4) is 39.6 Å². The van der Waals surface area contributed by atoms with Gasteiger partial charge in [-0.15, -0.1) is 11.3 Å². The smallest absolute Gasteiger partial charge is 0.160 e. The molecule has 0 N–H and O–H groups in total. The van der Waals surface area contributed by atoms with Crippen molar-refractivity contribution in [1.29, 1.82) is 0 Å². The molecule has 11 rings (SSSR count). The fourth-order valence-corrected chi connectivity index (χ4v) is 8.93. The van der Waals surface area contributed by atoms with Crippen molar-refractivity contribution in [2.45, 2.75) is 0 Å². The van der Waals surface area contributed by atoms with Crippen molar-refractivity contribution in [2.75, 3.05) is 0 Å². The Bertz CT molecular complexity index is 3060. The summed E-state index contributed by atoms with van der Waals surface area (Å²) in [4.78, 5) is 10.2. The molecular weight excluding hydrogens is 643 g/mol. The molecule has 0 saturated carbocycles. The predicted molar refractivity (Wildman–Crippen MR) is 213 cm³/mol. The molecule has 11 aromatic rings. The van der Waals surface area contributed by atoms with Crippen molar-refractivity contribution >= 4 is 75.3 Å². The molecule has 0 atom stereocenters. The summed E-state index contributed by atoms with van der Waals surface area (Å²) in [5.41, 5.74) is 10.2. The maximum Gasteiger partial charge on any atom is 0.160 e. The lowest BCUT2D eigenvalue weighted by molar-refractivity contribution is 0.673. The molecule has 0 amide bonds. The molecule has 238 valence electrons. The van der Waals surface area contributed by atoms with Crippen LogP contribution in [0, 0.1) is 0 Å². The van der Waals surface area contributed by atoms with Crippen LogP contribution in [-0.2, 0) is 0 Å². The summed E-state index contributed by atoms with van der Waals surface area (Å²) >= 11 is 1.81. The van der Waals surface area contributed by atoms with E-state index in [1.807, 2.05) is 47.7 Å². The highest BCUT2D eigenvalue weighted by atomic mass is 32.1. The fourth-order valence-electron chi connectivity index (χ4n) is 7.74. The summed E-state index contributed by atoms with van der Waals surface area (Å²) in [6.07, 6.45) is 0. The number of nitrogens with zero attached hydrogens (tertiary/aromatic N) is 3. The number of para-hydroxylation sites is 2. The van der Waals surface area contributed by atoms with Gasteiger partial charge in [-0.05, 0) is 48.5 Å². The molecular formula is C46H27N3OS. The molecule has 0 bridgehead atoms. The first-order valence-electron chi connectivity index (χ1n) is 17.1. The summed E-state index contributed by atoms with van der Waals surface area (Å²) in [5.74, 6) is 0.696. The predicted octanol–water partition coefficient (Wildman–Crippen LogP) is 12.8. The van der Waals surface area contributed by atoms with E-state index in [9.17, 15) is 0 Å². The third kappa shape index (κ3) is 4.25. The Kier molecular flexibility index (Phi) is 6.09. The molecule has 4 nitrogen and oxygen atoms in total. The lowest BCUT2D eigenvalue weighted by Gasteiger charge is -2.12. The van der Waals surface area contributed by atoms with Crippen molar-refractivity contribution in [1.82, 2.24) is 14.5 Å². The molecule has 4 aromatic heterocycles. The van der Waals surface area contributed by atoms with Gasteiger partial charge in [0.25, 0.3) is 0 Å². The number of benzene rings is 7. The van der Waals surface area contributed by atoms with E-state index >= 15 is 0 Å². The van der Waals surface area contributed by atoms with Crippen LogP contribution in [0.5, 0.6) is 0 Å². The summed E-state index contributed by atoms with van der Waals surface area (Å²) < 4.78 is 11.6. The number of aromatic nitrogens is 3. The summed E-state index contributed by atoms with van der Waals surface area (Å²) in [6.45, 7) is 0. The van der Waals surface area contributed by atoms with Crippen molar-refractivity contribution in [3.63, 3.8) is 0 Å². The first kappa shape index (κ1) is 28.3. The minimum atomic E-state index is 0.696. The zero-order valence-electron chi connectivity index (χ0n) is 27.2. The van der Waals surface area contributed by atoms with Crippen LogP contribution in [0.1, 0.15) is 0 Å².